The molecule has 1 N–H and O–H groups in total. The van der Waals surface area contributed by atoms with Crippen LogP contribution in [0.4, 0.5) is 0 Å². The summed E-state index contributed by atoms with van der Waals surface area (Å²) in [5.41, 5.74) is 2.90. The average Bonchev–Trinajstić information content (AvgIpc) is 2.37. The third kappa shape index (κ3) is 5.26. The van der Waals surface area contributed by atoms with E-state index in [-0.39, 0.29) is 11.0 Å². The predicted molar refractivity (Wildman–Crippen MR) is 87.4 cm³/mol. The molecule has 0 radical (unpaired) electrons. The first-order valence-electron chi connectivity index (χ1n) is 7.50. The average molecular weight is 277 g/mol. The van der Waals surface area contributed by atoms with Crippen LogP contribution in [-0.4, -0.2) is 25.8 Å². The van der Waals surface area contributed by atoms with Crippen LogP contribution in [0.25, 0.3) is 0 Å². The molecular formula is C18H31NO. The summed E-state index contributed by atoms with van der Waals surface area (Å²) in [5, 5.41) is 3.41. The zero-order valence-electron chi connectivity index (χ0n) is 14.2. The van der Waals surface area contributed by atoms with Gasteiger partial charge < -0.3 is 10.1 Å². The van der Waals surface area contributed by atoms with Gasteiger partial charge in [-0.2, -0.15) is 0 Å². The number of benzene rings is 1. The van der Waals surface area contributed by atoms with Crippen molar-refractivity contribution in [2.45, 2.75) is 64.5 Å². The topological polar surface area (TPSA) is 21.3 Å². The molecule has 0 fully saturated rings. The van der Waals surface area contributed by atoms with Crippen LogP contribution in [0.3, 0.4) is 0 Å². The number of methoxy groups -OCH3 is 1. The highest BCUT2D eigenvalue weighted by Gasteiger charge is 2.22. The summed E-state index contributed by atoms with van der Waals surface area (Å²) in [6.45, 7) is 11.0. The number of rotatable bonds is 6. The molecule has 0 aliphatic heterocycles. The number of nitrogens with one attached hydrogen (secondary N) is 1. The van der Waals surface area contributed by atoms with Crippen LogP contribution in [0.15, 0.2) is 24.3 Å². The molecule has 0 aliphatic carbocycles. The van der Waals surface area contributed by atoms with E-state index in [1.54, 1.807) is 7.11 Å². The fraction of sp³-hybridized carbons (Fsp3) is 0.667. The molecule has 1 unspecified atom stereocenters. The summed E-state index contributed by atoms with van der Waals surface area (Å²) in [5.74, 6) is 0. The van der Waals surface area contributed by atoms with Crippen LogP contribution in [0.1, 0.15) is 52.2 Å². The fourth-order valence-corrected chi connectivity index (χ4v) is 2.38. The molecule has 1 aromatic carbocycles. The Labute approximate surface area is 124 Å². The second-order valence-electron chi connectivity index (χ2n) is 7.30. The second-order valence-corrected chi connectivity index (χ2v) is 7.30. The summed E-state index contributed by atoms with van der Waals surface area (Å²) >= 11 is 0. The lowest BCUT2D eigenvalue weighted by molar-refractivity contribution is 0.00773. The maximum Gasteiger partial charge on any atom is 0.0637 e. The van der Waals surface area contributed by atoms with Gasteiger partial charge in [0.1, 0.15) is 0 Å². The molecule has 1 rings (SSSR count). The van der Waals surface area contributed by atoms with Crippen LogP contribution in [0.5, 0.6) is 0 Å². The van der Waals surface area contributed by atoms with Gasteiger partial charge >= 0.3 is 0 Å². The summed E-state index contributed by atoms with van der Waals surface area (Å²) < 4.78 is 5.53. The van der Waals surface area contributed by atoms with Crippen molar-refractivity contribution >= 4 is 0 Å². The smallest absolute Gasteiger partial charge is 0.0637 e. The van der Waals surface area contributed by atoms with E-state index in [0.29, 0.717) is 6.04 Å². The minimum atomic E-state index is -0.0843. The third-order valence-electron chi connectivity index (χ3n) is 4.00. The Bertz CT molecular complexity index is 400. The molecule has 2 heteroatoms. The lowest BCUT2D eigenvalue weighted by atomic mass is 9.86. The van der Waals surface area contributed by atoms with Crippen molar-refractivity contribution in [3.63, 3.8) is 0 Å². The van der Waals surface area contributed by atoms with Gasteiger partial charge in [-0.15, -0.1) is 0 Å². The molecule has 0 spiro atoms. The highest BCUT2D eigenvalue weighted by molar-refractivity contribution is 5.28. The van der Waals surface area contributed by atoms with Crippen molar-refractivity contribution < 1.29 is 4.74 Å². The largest absolute Gasteiger partial charge is 0.379 e. The van der Waals surface area contributed by atoms with Gasteiger partial charge in [0.15, 0.2) is 0 Å². The summed E-state index contributed by atoms with van der Waals surface area (Å²) in [6, 6.07) is 9.45. The zero-order valence-corrected chi connectivity index (χ0v) is 14.2. The molecule has 20 heavy (non-hydrogen) atoms. The monoisotopic (exact) mass is 277 g/mol. The number of hydrogen-bond acceptors (Lipinski definition) is 2. The minimum Gasteiger partial charge on any atom is -0.379 e. The third-order valence-corrected chi connectivity index (χ3v) is 4.00. The van der Waals surface area contributed by atoms with Crippen molar-refractivity contribution in [1.29, 1.82) is 0 Å². The van der Waals surface area contributed by atoms with Crippen molar-refractivity contribution in [3.8, 4) is 0 Å². The Morgan fingerprint density at radius 3 is 2.00 bits per heavy atom. The highest BCUT2D eigenvalue weighted by Crippen LogP contribution is 2.23. The molecule has 0 bridgehead atoms. The first kappa shape index (κ1) is 17.2. The van der Waals surface area contributed by atoms with Crippen LogP contribution >= 0.6 is 0 Å². The standard InChI is InChI=1S/C18H31NO/c1-17(2,3)15-10-8-14(9-11-15)12-16(19-6)13-18(4,5)20-7/h8-11,16,19H,12-13H2,1-7H3. The molecule has 0 aliphatic rings. The van der Waals surface area contributed by atoms with Crippen molar-refractivity contribution in [2.24, 2.45) is 0 Å². The van der Waals surface area contributed by atoms with E-state index in [2.05, 4.69) is 64.2 Å². The Morgan fingerprint density at radius 1 is 1.05 bits per heavy atom. The summed E-state index contributed by atoms with van der Waals surface area (Å²) in [6.07, 6.45) is 2.04. The van der Waals surface area contributed by atoms with Gasteiger partial charge in [0.2, 0.25) is 0 Å². The zero-order chi connectivity index (χ0) is 15.4. The number of hydrogen-bond donors (Lipinski definition) is 1. The molecule has 0 saturated heterocycles. The Balaban J connectivity index is 2.71. The van der Waals surface area contributed by atoms with Gasteiger partial charge in [-0.3, -0.25) is 0 Å². The summed E-state index contributed by atoms with van der Waals surface area (Å²) in [4.78, 5) is 0. The van der Waals surface area contributed by atoms with Gasteiger partial charge in [-0.05, 0) is 50.3 Å². The molecule has 2 nitrogen and oxygen atoms in total. The van der Waals surface area contributed by atoms with E-state index < -0.39 is 0 Å². The maximum absolute atomic E-state index is 5.53. The first-order chi connectivity index (χ1) is 9.18. The van der Waals surface area contributed by atoms with Crippen molar-refractivity contribution in [1.82, 2.24) is 5.32 Å². The first-order valence-corrected chi connectivity index (χ1v) is 7.50. The molecule has 0 heterocycles. The molecule has 0 saturated carbocycles. The minimum absolute atomic E-state index is 0.0843. The maximum atomic E-state index is 5.53. The fourth-order valence-electron chi connectivity index (χ4n) is 2.38. The van der Waals surface area contributed by atoms with Gasteiger partial charge in [0, 0.05) is 13.2 Å². The van der Waals surface area contributed by atoms with Crippen LogP contribution in [-0.2, 0) is 16.6 Å². The molecule has 0 aromatic heterocycles. The Hall–Kier alpha value is -0.860. The summed E-state index contributed by atoms with van der Waals surface area (Å²) in [7, 11) is 3.81. The lowest BCUT2D eigenvalue weighted by Gasteiger charge is -2.28. The Kier molecular flexibility index (Phi) is 5.79. The van der Waals surface area contributed by atoms with Crippen LogP contribution in [0.2, 0.25) is 0 Å². The van der Waals surface area contributed by atoms with E-state index in [1.165, 1.54) is 11.1 Å². The quantitative estimate of drug-likeness (QED) is 0.850. The van der Waals surface area contributed by atoms with E-state index in [4.69, 9.17) is 4.74 Å². The van der Waals surface area contributed by atoms with E-state index in [0.717, 1.165) is 12.8 Å². The van der Waals surface area contributed by atoms with Crippen molar-refractivity contribution in [2.75, 3.05) is 14.2 Å². The van der Waals surface area contributed by atoms with Crippen LogP contribution < -0.4 is 5.32 Å². The van der Waals surface area contributed by atoms with Crippen molar-refractivity contribution in [3.05, 3.63) is 35.4 Å². The van der Waals surface area contributed by atoms with Gasteiger partial charge in [0.05, 0.1) is 5.60 Å². The predicted octanol–water partition coefficient (Wildman–Crippen LogP) is 3.93. The normalized spacial score (nSPS) is 14.3. The van der Waals surface area contributed by atoms with Gasteiger partial charge in [0.25, 0.3) is 0 Å². The number of ether oxygens (including phenoxy) is 1. The SMILES string of the molecule is CNC(Cc1ccc(C(C)(C)C)cc1)CC(C)(C)OC. The number of likely N-dealkylation sites (N-methyl/N-ethyl adjacent to an activating group) is 1. The molecule has 0 amide bonds. The Morgan fingerprint density at radius 2 is 1.60 bits per heavy atom. The molecule has 1 atom stereocenters. The molecule has 1 aromatic rings. The van der Waals surface area contributed by atoms with E-state index in [1.807, 2.05) is 7.05 Å². The van der Waals surface area contributed by atoms with Gasteiger partial charge in [-0.1, -0.05) is 45.0 Å². The van der Waals surface area contributed by atoms with E-state index in [9.17, 15) is 0 Å². The molecule has 114 valence electrons. The highest BCUT2D eigenvalue weighted by atomic mass is 16.5. The molecular weight excluding hydrogens is 246 g/mol. The van der Waals surface area contributed by atoms with E-state index >= 15 is 0 Å². The van der Waals surface area contributed by atoms with Gasteiger partial charge in [-0.25, -0.2) is 0 Å². The lowest BCUT2D eigenvalue weighted by Crippen LogP contribution is -2.37. The van der Waals surface area contributed by atoms with Crippen LogP contribution in [0, 0.1) is 0 Å². The second kappa shape index (κ2) is 6.73.